The number of pyridine rings is 1. The zero-order valence-corrected chi connectivity index (χ0v) is 17.4. The summed E-state index contributed by atoms with van der Waals surface area (Å²) >= 11 is 0. The summed E-state index contributed by atoms with van der Waals surface area (Å²) in [7, 11) is 1.57. The Morgan fingerprint density at radius 2 is 1.84 bits per heavy atom. The summed E-state index contributed by atoms with van der Waals surface area (Å²) in [5, 5.41) is 15.9. The number of carboxylic acid groups (broad SMARTS) is 1. The minimum Gasteiger partial charge on any atom is -0.497 e. The van der Waals surface area contributed by atoms with Gasteiger partial charge in [-0.2, -0.15) is 0 Å². The van der Waals surface area contributed by atoms with E-state index in [0.717, 1.165) is 6.42 Å². The topological polar surface area (TPSA) is 152 Å². The summed E-state index contributed by atoms with van der Waals surface area (Å²) in [6.45, 7) is 2.49. The number of aliphatic hydroxyl groups is 1. The van der Waals surface area contributed by atoms with E-state index in [2.05, 4.69) is 10.7 Å². The number of hydrogen-bond acceptors (Lipinski definition) is 6. The number of carbonyl (C=O) groups is 2. The van der Waals surface area contributed by atoms with Gasteiger partial charge in [0.05, 0.1) is 24.6 Å². The molecule has 0 spiro atoms. The first kappa shape index (κ1) is 24.4. The van der Waals surface area contributed by atoms with Gasteiger partial charge in [-0.3, -0.25) is 9.59 Å². The molecule has 0 aliphatic rings. The maximum Gasteiger partial charge on any atom is 0.342 e. The van der Waals surface area contributed by atoms with Gasteiger partial charge in [-0.25, -0.2) is 9.18 Å². The molecule has 1 amide bonds. The maximum atomic E-state index is 14.3. The van der Waals surface area contributed by atoms with Crippen molar-refractivity contribution >= 4 is 22.8 Å². The fraction of sp³-hybridized carbons (Fsp3) is 0.227. The molecule has 1 atom stereocenters. The first-order valence-corrected chi connectivity index (χ1v) is 9.52. The third-order valence-electron chi connectivity index (χ3n) is 4.31. The van der Waals surface area contributed by atoms with Crippen LogP contribution in [-0.4, -0.2) is 46.9 Å². The first-order chi connectivity index (χ1) is 15.2. The predicted molar refractivity (Wildman–Crippen MR) is 115 cm³/mol. The Labute approximate surface area is 182 Å². The Morgan fingerprint density at radius 3 is 2.34 bits per heavy atom. The van der Waals surface area contributed by atoms with Crippen LogP contribution in [0.4, 0.5) is 4.39 Å². The second-order valence-corrected chi connectivity index (χ2v) is 6.55. The molecule has 32 heavy (non-hydrogen) atoms. The average molecular weight is 446 g/mol. The number of halogens is 1. The SMILES string of the molecule is CCCOc1ccc(F)c2c(=O)c(-c3ccc(OC)cc3)c[nH]c12.NC(=O)C(O)C(=O)O. The molecule has 0 fully saturated rings. The van der Waals surface area contributed by atoms with Gasteiger partial charge in [0.15, 0.2) is 5.43 Å². The van der Waals surface area contributed by atoms with Crippen LogP contribution < -0.4 is 20.6 Å². The summed E-state index contributed by atoms with van der Waals surface area (Å²) in [5.41, 5.74) is 5.47. The van der Waals surface area contributed by atoms with Crippen LogP contribution in [0.5, 0.6) is 11.5 Å². The minimum atomic E-state index is -2.07. The number of nitrogens with one attached hydrogen (secondary N) is 1. The van der Waals surface area contributed by atoms with Crippen molar-refractivity contribution in [1.82, 2.24) is 4.98 Å². The zero-order chi connectivity index (χ0) is 23.8. The van der Waals surface area contributed by atoms with Gasteiger partial charge in [0, 0.05) is 11.8 Å². The van der Waals surface area contributed by atoms with Gasteiger partial charge in [-0.05, 0) is 36.2 Å². The van der Waals surface area contributed by atoms with Crippen molar-refractivity contribution in [2.24, 2.45) is 5.73 Å². The Hall–Kier alpha value is -3.92. The van der Waals surface area contributed by atoms with Gasteiger partial charge in [-0.15, -0.1) is 0 Å². The number of aliphatic hydroxyl groups excluding tert-OH is 1. The lowest BCUT2D eigenvalue weighted by molar-refractivity contribution is -0.151. The molecule has 0 radical (unpaired) electrons. The Morgan fingerprint density at radius 1 is 1.19 bits per heavy atom. The van der Waals surface area contributed by atoms with Crippen LogP contribution in [0, 0.1) is 5.82 Å². The van der Waals surface area contributed by atoms with Crippen molar-refractivity contribution in [2.45, 2.75) is 19.4 Å². The molecule has 1 unspecified atom stereocenters. The number of hydrogen-bond donors (Lipinski definition) is 4. The zero-order valence-electron chi connectivity index (χ0n) is 17.4. The molecule has 9 nitrogen and oxygen atoms in total. The molecule has 0 aliphatic carbocycles. The van der Waals surface area contributed by atoms with Crippen LogP contribution in [0.15, 0.2) is 47.4 Å². The second-order valence-electron chi connectivity index (χ2n) is 6.55. The highest BCUT2D eigenvalue weighted by atomic mass is 19.1. The summed E-state index contributed by atoms with van der Waals surface area (Å²) in [5.74, 6) is -2.27. The van der Waals surface area contributed by atoms with Crippen molar-refractivity contribution in [3.05, 3.63) is 58.6 Å². The van der Waals surface area contributed by atoms with Crippen LogP contribution in [0.1, 0.15) is 13.3 Å². The minimum absolute atomic E-state index is 0.0110. The smallest absolute Gasteiger partial charge is 0.342 e. The monoisotopic (exact) mass is 446 g/mol. The molecular weight excluding hydrogens is 423 g/mol. The number of rotatable bonds is 7. The number of aromatic nitrogens is 1. The molecule has 1 aromatic heterocycles. The number of amides is 1. The first-order valence-electron chi connectivity index (χ1n) is 9.52. The molecule has 0 bridgehead atoms. The van der Waals surface area contributed by atoms with Gasteiger partial charge >= 0.3 is 5.97 Å². The fourth-order valence-corrected chi connectivity index (χ4v) is 2.71. The van der Waals surface area contributed by atoms with Crippen LogP contribution >= 0.6 is 0 Å². The van der Waals surface area contributed by atoms with E-state index in [4.69, 9.17) is 19.7 Å². The Balaban J connectivity index is 0.000000390. The van der Waals surface area contributed by atoms with Gasteiger partial charge in [0.25, 0.3) is 5.91 Å². The van der Waals surface area contributed by atoms with E-state index in [1.807, 2.05) is 6.92 Å². The molecule has 1 heterocycles. The number of fused-ring (bicyclic) bond motifs is 1. The van der Waals surface area contributed by atoms with Gasteiger partial charge < -0.3 is 30.4 Å². The van der Waals surface area contributed by atoms with Crippen LogP contribution in [0.2, 0.25) is 0 Å². The number of aliphatic carboxylic acids is 1. The third kappa shape index (κ3) is 5.61. The van der Waals surface area contributed by atoms with Crippen molar-refractivity contribution in [2.75, 3.05) is 13.7 Å². The molecule has 0 saturated heterocycles. The number of methoxy groups -OCH3 is 1. The van der Waals surface area contributed by atoms with Crippen LogP contribution in [0.25, 0.3) is 22.0 Å². The van der Waals surface area contributed by atoms with Crippen molar-refractivity contribution in [3.63, 3.8) is 0 Å². The molecule has 3 rings (SSSR count). The average Bonchev–Trinajstić information content (AvgIpc) is 2.78. The van der Waals surface area contributed by atoms with Crippen LogP contribution in [-0.2, 0) is 9.59 Å². The van der Waals surface area contributed by atoms with Crippen molar-refractivity contribution < 1.29 is 33.7 Å². The quantitative estimate of drug-likeness (QED) is 0.405. The lowest BCUT2D eigenvalue weighted by atomic mass is 10.0. The van der Waals surface area contributed by atoms with Crippen LogP contribution in [0.3, 0.4) is 0 Å². The molecule has 0 aliphatic heterocycles. The number of benzene rings is 2. The number of ether oxygens (including phenoxy) is 2. The maximum absolute atomic E-state index is 14.3. The Kier molecular flexibility index (Phi) is 8.31. The standard InChI is InChI=1S/C19H18FNO3.C3H5NO4/c1-3-10-24-16-9-8-15(20)17-18(16)21-11-14(19(17)22)12-4-6-13(23-2)7-5-12;4-2(6)1(5)3(7)8/h4-9,11H,3,10H2,1-2H3,(H,21,22);1,5H,(H2,4,6)(H,7,8). The number of aromatic amines is 1. The van der Waals surface area contributed by atoms with E-state index in [0.29, 0.717) is 34.7 Å². The predicted octanol–water partition coefficient (Wildman–Crippen LogP) is 2.05. The third-order valence-corrected chi connectivity index (χ3v) is 4.31. The van der Waals surface area contributed by atoms with Gasteiger partial charge in [-0.1, -0.05) is 19.1 Å². The van der Waals surface area contributed by atoms with Gasteiger partial charge in [0.2, 0.25) is 6.10 Å². The molecule has 5 N–H and O–H groups in total. The highest BCUT2D eigenvalue weighted by molar-refractivity contribution is 5.98. The lowest BCUT2D eigenvalue weighted by Gasteiger charge is -2.10. The highest BCUT2D eigenvalue weighted by Crippen LogP contribution is 2.27. The van der Waals surface area contributed by atoms with E-state index in [1.54, 1.807) is 37.6 Å². The molecule has 170 valence electrons. The van der Waals surface area contributed by atoms with Gasteiger partial charge in [0.1, 0.15) is 17.3 Å². The number of primary amides is 1. The molecule has 0 saturated carbocycles. The summed E-state index contributed by atoms with van der Waals surface area (Å²) in [6, 6.07) is 9.86. The number of carboxylic acids is 1. The highest BCUT2D eigenvalue weighted by Gasteiger charge is 2.18. The lowest BCUT2D eigenvalue weighted by Crippen LogP contribution is -2.35. The molecule has 2 aromatic carbocycles. The van der Waals surface area contributed by atoms with E-state index in [-0.39, 0.29) is 10.8 Å². The normalized spacial score (nSPS) is 11.2. The van der Waals surface area contributed by atoms with E-state index in [1.165, 1.54) is 12.1 Å². The molecule has 10 heteroatoms. The van der Waals surface area contributed by atoms with E-state index < -0.39 is 23.8 Å². The van der Waals surface area contributed by atoms with Crippen molar-refractivity contribution in [3.8, 4) is 22.6 Å². The number of H-pyrrole nitrogens is 1. The number of nitrogens with two attached hydrogens (primary N) is 1. The fourth-order valence-electron chi connectivity index (χ4n) is 2.71. The molecular formula is C22H23FN2O7. The molecule has 3 aromatic rings. The van der Waals surface area contributed by atoms with E-state index >= 15 is 0 Å². The second kappa shape index (κ2) is 10.9. The largest absolute Gasteiger partial charge is 0.497 e. The number of carbonyl (C=O) groups excluding carboxylic acids is 1. The summed E-state index contributed by atoms with van der Waals surface area (Å²) in [6.07, 6.45) is 0.340. The van der Waals surface area contributed by atoms with Crippen molar-refractivity contribution in [1.29, 1.82) is 0 Å². The summed E-state index contributed by atoms with van der Waals surface area (Å²) in [4.78, 5) is 35.1. The van der Waals surface area contributed by atoms with E-state index in [9.17, 15) is 18.8 Å². The summed E-state index contributed by atoms with van der Waals surface area (Å²) < 4.78 is 25.0. The Bertz CT molecular complexity index is 1150.